The van der Waals surface area contributed by atoms with Crippen molar-refractivity contribution in [1.29, 1.82) is 0 Å². The number of likely N-dealkylation sites (N-methyl/N-ethyl adjacent to an activating group) is 1. The van der Waals surface area contributed by atoms with E-state index < -0.39 is 9.84 Å². The van der Waals surface area contributed by atoms with Crippen LogP contribution >= 0.6 is 11.6 Å². The van der Waals surface area contributed by atoms with Crippen molar-refractivity contribution >= 4 is 32.8 Å². The third-order valence-electron chi connectivity index (χ3n) is 5.25. The van der Waals surface area contributed by atoms with E-state index in [1.54, 1.807) is 12.1 Å². The van der Waals surface area contributed by atoms with E-state index in [-0.39, 0.29) is 0 Å². The Morgan fingerprint density at radius 2 is 1.66 bits per heavy atom. The Bertz CT molecular complexity index is 1140. The van der Waals surface area contributed by atoms with Crippen LogP contribution in [0.15, 0.2) is 71.6 Å². The number of benzene rings is 3. The van der Waals surface area contributed by atoms with Crippen LogP contribution in [0.4, 0.5) is 11.4 Å². The molecule has 0 bridgehead atoms. The minimum atomic E-state index is -3.31. The molecule has 1 aliphatic heterocycles. The highest BCUT2D eigenvalue weighted by atomic mass is 35.5. The predicted molar refractivity (Wildman–Crippen MR) is 120 cm³/mol. The maximum Gasteiger partial charge on any atom is 0.176 e. The van der Waals surface area contributed by atoms with E-state index in [0.29, 0.717) is 9.92 Å². The Morgan fingerprint density at radius 3 is 2.38 bits per heavy atom. The first-order valence-corrected chi connectivity index (χ1v) is 11.7. The topological polar surface area (TPSA) is 40.6 Å². The van der Waals surface area contributed by atoms with Crippen molar-refractivity contribution in [3.05, 3.63) is 77.3 Å². The van der Waals surface area contributed by atoms with Gasteiger partial charge in [0.2, 0.25) is 0 Å². The van der Waals surface area contributed by atoms with E-state index in [1.807, 2.05) is 42.5 Å². The number of halogens is 1. The van der Waals surface area contributed by atoms with Crippen LogP contribution in [0.3, 0.4) is 0 Å². The maximum absolute atomic E-state index is 12.3. The van der Waals surface area contributed by atoms with E-state index in [9.17, 15) is 8.42 Å². The van der Waals surface area contributed by atoms with E-state index in [4.69, 9.17) is 11.6 Å². The first-order chi connectivity index (χ1) is 13.8. The lowest BCUT2D eigenvalue weighted by Gasteiger charge is -2.25. The average Bonchev–Trinajstić information content (AvgIpc) is 2.85. The van der Waals surface area contributed by atoms with Gasteiger partial charge in [0.05, 0.1) is 4.90 Å². The highest BCUT2D eigenvalue weighted by Gasteiger charge is 2.21. The molecule has 0 N–H and O–H groups in total. The van der Waals surface area contributed by atoms with Crippen molar-refractivity contribution in [1.82, 2.24) is 4.90 Å². The van der Waals surface area contributed by atoms with E-state index >= 15 is 0 Å². The molecule has 29 heavy (non-hydrogen) atoms. The van der Waals surface area contributed by atoms with Gasteiger partial charge in [0.1, 0.15) is 0 Å². The van der Waals surface area contributed by atoms with Crippen LogP contribution in [0.1, 0.15) is 5.56 Å². The molecular formula is C23H23ClN2O2S. The molecule has 150 valence electrons. The highest BCUT2D eigenvalue weighted by Crippen LogP contribution is 2.36. The van der Waals surface area contributed by atoms with Gasteiger partial charge in [0, 0.05) is 47.9 Å². The second-order valence-corrected chi connectivity index (χ2v) is 9.90. The first-order valence-electron chi connectivity index (χ1n) is 9.47. The lowest BCUT2D eigenvalue weighted by Crippen LogP contribution is -2.26. The van der Waals surface area contributed by atoms with Crippen molar-refractivity contribution < 1.29 is 8.42 Å². The van der Waals surface area contributed by atoms with Crippen LogP contribution in [-0.2, 0) is 16.4 Å². The molecule has 0 radical (unpaired) electrons. The number of hydrogen-bond donors (Lipinski definition) is 0. The predicted octanol–water partition coefficient (Wildman–Crippen LogP) is 4.99. The zero-order chi connectivity index (χ0) is 20.6. The molecule has 0 saturated carbocycles. The van der Waals surface area contributed by atoms with Gasteiger partial charge < -0.3 is 9.80 Å². The maximum atomic E-state index is 12.3. The average molecular weight is 427 g/mol. The molecule has 1 heterocycles. The molecule has 3 aromatic rings. The largest absolute Gasteiger partial charge is 0.340 e. The standard InChI is InChI=1S/C23H23ClN2O2S/c1-25-13-14-26(20-10-8-19(24)9-11-20)22-12-7-17(15-18(22)16-25)21-5-3-4-6-23(21)29(2,27)28/h3-12,15H,13-14,16H2,1-2H3. The molecule has 0 fully saturated rings. The van der Waals surface area contributed by atoms with Crippen molar-refractivity contribution in [3.63, 3.8) is 0 Å². The number of hydrogen-bond acceptors (Lipinski definition) is 4. The number of nitrogens with zero attached hydrogens (tertiary/aromatic N) is 2. The Balaban J connectivity index is 1.83. The third kappa shape index (κ3) is 4.17. The van der Waals surface area contributed by atoms with Crippen LogP contribution in [0.25, 0.3) is 11.1 Å². The number of rotatable bonds is 3. The number of sulfone groups is 1. The van der Waals surface area contributed by atoms with Gasteiger partial charge in [0.25, 0.3) is 0 Å². The summed E-state index contributed by atoms with van der Waals surface area (Å²) in [6.45, 7) is 2.59. The molecule has 0 aromatic heterocycles. The first kappa shape index (κ1) is 20.0. The summed E-state index contributed by atoms with van der Waals surface area (Å²) in [5, 5.41) is 0.716. The van der Waals surface area contributed by atoms with Crippen LogP contribution in [0.2, 0.25) is 5.02 Å². The fourth-order valence-electron chi connectivity index (χ4n) is 3.82. The SMILES string of the molecule is CN1CCN(c2ccc(Cl)cc2)c2ccc(-c3ccccc3S(C)(=O)=O)cc2C1. The van der Waals surface area contributed by atoms with Gasteiger partial charge in [-0.05, 0) is 60.6 Å². The zero-order valence-electron chi connectivity index (χ0n) is 16.5. The summed E-state index contributed by atoms with van der Waals surface area (Å²) in [5.41, 5.74) is 5.05. The van der Waals surface area contributed by atoms with E-state index in [2.05, 4.69) is 29.0 Å². The smallest absolute Gasteiger partial charge is 0.176 e. The van der Waals surface area contributed by atoms with Crippen molar-refractivity contribution in [2.75, 3.05) is 31.3 Å². The molecule has 6 heteroatoms. The fraction of sp³-hybridized carbons (Fsp3) is 0.217. The molecule has 0 amide bonds. The second-order valence-electron chi connectivity index (χ2n) is 7.48. The van der Waals surface area contributed by atoms with Gasteiger partial charge in [-0.25, -0.2) is 8.42 Å². The monoisotopic (exact) mass is 426 g/mol. The Labute approximate surface area is 177 Å². The quantitative estimate of drug-likeness (QED) is 0.591. The zero-order valence-corrected chi connectivity index (χ0v) is 18.0. The normalized spacial score (nSPS) is 15.1. The van der Waals surface area contributed by atoms with Crippen LogP contribution in [0, 0.1) is 0 Å². The van der Waals surface area contributed by atoms with Crippen LogP contribution < -0.4 is 4.90 Å². The fourth-order valence-corrected chi connectivity index (χ4v) is 4.86. The summed E-state index contributed by atoms with van der Waals surface area (Å²) in [6.07, 6.45) is 1.26. The van der Waals surface area contributed by atoms with Crippen LogP contribution in [0.5, 0.6) is 0 Å². The molecule has 0 atom stereocenters. The van der Waals surface area contributed by atoms with Gasteiger partial charge in [0.15, 0.2) is 9.84 Å². The minimum absolute atomic E-state index is 0.358. The molecular weight excluding hydrogens is 404 g/mol. The van der Waals surface area contributed by atoms with Crippen molar-refractivity contribution in [2.24, 2.45) is 0 Å². The van der Waals surface area contributed by atoms with Gasteiger partial charge >= 0.3 is 0 Å². The summed E-state index contributed by atoms with van der Waals surface area (Å²) in [6, 6.07) is 21.3. The molecule has 3 aromatic carbocycles. The second kappa shape index (κ2) is 7.82. The molecule has 4 nitrogen and oxygen atoms in total. The molecule has 0 saturated heterocycles. The Hall–Kier alpha value is -2.34. The summed E-state index contributed by atoms with van der Waals surface area (Å²) >= 11 is 6.07. The van der Waals surface area contributed by atoms with Crippen molar-refractivity contribution in [2.45, 2.75) is 11.4 Å². The van der Waals surface area contributed by atoms with Crippen molar-refractivity contribution in [3.8, 4) is 11.1 Å². The Kier molecular flexibility index (Phi) is 5.38. The Morgan fingerprint density at radius 1 is 0.931 bits per heavy atom. The molecule has 0 spiro atoms. The molecule has 1 aliphatic rings. The summed E-state index contributed by atoms with van der Waals surface area (Å²) in [5.74, 6) is 0. The summed E-state index contributed by atoms with van der Waals surface area (Å²) in [7, 11) is -1.21. The number of fused-ring (bicyclic) bond motifs is 1. The molecule has 4 rings (SSSR count). The third-order valence-corrected chi connectivity index (χ3v) is 6.66. The van der Waals surface area contributed by atoms with Gasteiger partial charge in [-0.3, -0.25) is 0 Å². The lowest BCUT2D eigenvalue weighted by atomic mass is 10.0. The number of anilines is 2. The minimum Gasteiger partial charge on any atom is -0.340 e. The summed E-state index contributed by atoms with van der Waals surface area (Å²) in [4.78, 5) is 4.93. The lowest BCUT2D eigenvalue weighted by molar-refractivity contribution is 0.343. The summed E-state index contributed by atoms with van der Waals surface area (Å²) < 4.78 is 24.5. The van der Waals surface area contributed by atoms with E-state index in [1.165, 1.54) is 11.8 Å². The van der Waals surface area contributed by atoms with Crippen LogP contribution in [-0.4, -0.2) is 39.7 Å². The van der Waals surface area contributed by atoms with Gasteiger partial charge in [-0.1, -0.05) is 35.9 Å². The van der Waals surface area contributed by atoms with E-state index in [0.717, 1.165) is 42.1 Å². The molecule has 0 unspecified atom stereocenters. The van der Waals surface area contributed by atoms with Gasteiger partial charge in [-0.2, -0.15) is 0 Å². The van der Waals surface area contributed by atoms with Gasteiger partial charge in [-0.15, -0.1) is 0 Å². The molecule has 0 aliphatic carbocycles. The highest BCUT2D eigenvalue weighted by molar-refractivity contribution is 7.90.